The molecule has 0 bridgehead atoms. The standard InChI is InChI=1S/C20H22N2O4/c1-14-10-16(23)11-18(24)22(14)12-19(25)21-9-8-20(13-21)7-6-15-4-2-3-5-17(15)26-20/h2-5,10-11,23H,6-9,12-13H2,1H3. The molecule has 1 aromatic carbocycles. The van der Waals surface area contributed by atoms with Crippen molar-refractivity contribution in [3.63, 3.8) is 0 Å². The van der Waals surface area contributed by atoms with Gasteiger partial charge in [0.1, 0.15) is 23.6 Å². The number of benzene rings is 1. The Balaban J connectivity index is 1.48. The number of amides is 1. The first-order chi connectivity index (χ1) is 12.5. The highest BCUT2D eigenvalue weighted by atomic mass is 16.5. The molecule has 2 aliphatic rings. The summed E-state index contributed by atoms with van der Waals surface area (Å²) in [6, 6.07) is 10.7. The quantitative estimate of drug-likeness (QED) is 0.894. The molecule has 0 radical (unpaired) electrons. The van der Waals surface area contributed by atoms with E-state index in [4.69, 9.17) is 4.74 Å². The Kier molecular flexibility index (Phi) is 3.98. The summed E-state index contributed by atoms with van der Waals surface area (Å²) in [5, 5.41) is 9.48. The first-order valence-corrected chi connectivity index (χ1v) is 8.91. The van der Waals surface area contributed by atoms with Crippen molar-refractivity contribution in [3.05, 3.63) is 58.0 Å². The van der Waals surface area contributed by atoms with Crippen LogP contribution in [0.3, 0.4) is 0 Å². The van der Waals surface area contributed by atoms with Crippen LogP contribution >= 0.6 is 0 Å². The normalized spacial score (nSPS) is 21.5. The highest BCUT2D eigenvalue weighted by Gasteiger charge is 2.44. The zero-order chi connectivity index (χ0) is 18.3. The Bertz CT molecular complexity index is 920. The van der Waals surface area contributed by atoms with E-state index in [9.17, 15) is 14.7 Å². The lowest BCUT2D eigenvalue weighted by Crippen LogP contribution is -2.44. The van der Waals surface area contributed by atoms with E-state index in [-0.39, 0.29) is 29.4 Å². The first kappa shape index (κ1) is 16.7. The van der Waals surface area contributed by atoms with Crippen LogP contribution in [0.4, 0.5) is 0 Å². The summed E-state index contributed by atoms with van der Waals surface area (Å²) in [6.07, 6.45) is 2.65. The fourth-order valence-electron chi connectivity index (χ4n) is 3.95. The Labute approximate surface area is 151 Å². The van der Waals surface area contributed by atoms with Gasteiger partial charge in [0.05, 0.1) is 6.54 Å². The van der Waals surface area contributed by atoms with E-state index in [2.05, 4.69) is 6.07 Å². The molecule has 1 amide bonds. The van der Waals surface area contributed by atoms with E-state index in [1.165, 1.54) is 16.2 Å². The summed E-state index contributed by atoms with van der Waals surface area (Å²) in [5.74, 6) is 0.740. The molecule has 1 atom stereocenters. The number of aryl methyl sites for hydroxylation is 2. The summed E-state index contributed by atoms with van der Waals surface area (Å²) in [4.78, 5) is 26.6. The van der Waals surface area contributed by atoms with Gasteiger partial charge in [0.25, 0.3) is 5.56 Å². The third kappa shape index (κ3) is 2.96. The smallest absolute Gasteiger partial charge is 0.254 e. The molecule has 1 spiro atoms. The fraction of sp³-hybridized carbons (Fsp3) is 0.400. The van der Waals surface area contributed by atoms with Crippen molar-refractivity contribution in [1.29, 1.82) is 0 Å². The Morgan fingerprint density at radius 1 is 1.27 bits per heavy atom. The van der Waals surface area contributed by atoms with Gasteiger partial charge in [-0.2, -0.15) is 0 Å². The molecule has 1 unspecified atom stereocenters. The van der Waals surface area contributed by atoms with Crippen LogP contribution in [-0.2, 0) is 17.8 Å². The molecular weight excluding hydrogens is 332 g/mol. The van der Waals surface area contributed by atoms with Crippen molar-refractivity contribution in [2.75, 3.05) is 13.1 Å². The fourth-order valence-corrected chi connectivity index (χ4v) is 3.95. The number of aromatic nitrogens is 1. The maximum absolute atomic E-state index is 12.7. The second-order valence-electron chi connectivity index (χ2n) is 7.24. The van der Waals surface area contributed by atoms with Crippen LogP contribution in [0.1, 0.15) is 24.1 Å². The number of nitrogens with zero attached hydrogens (tertiary/aromatic N) is 2. The minimum absolute atomic E-state index is 0.0163. The monoisotopic (exact) mass is 354 g/mol. The number of carbonyl (C=O) groups is 1. The van der Waals surface area contributed by atoms with Crippen molar-refractivity contribution in [2.24, 2.45) is 0 Å². The van der Waals surface area contributed by atoms with E-state index < -0.39 is 0 Å². The third-order valence-corrected chi connectivity index (χ3v) is 5.43. The van der Waals surface area contributed by atoms with Crippen molar-refractivity contribution in [3.8, 4) is 11.5 Å². The number of hydrogen-bond donors (Lipinski definition) is 1. The molecule has 0 aliphatic carbocycles. The minimum atomic E-state index is -0.368. The van der Waals surface area contributed by atoms with E-state index in [1.54, 1.807) is 11.8 Å². The summed E-state index contributed by atoms with van der Waals surface area (Å²) < 4.78 is 7.67. The van der Waals surface area contributed by atoms with Gasteiger partial charge in [0.15, 0.2) is 0 Å². The molecule has 0 saturated carbocycles. The maximum atomic E-state index is 12.7. The summed E-state index contributed by atoms with van der Waals surface area (Å²) in [6.45, 7) is 2.87. The molecule has 4 rings (SSSR count). The summed E-state index contributed by atoms with van der Waals surface area (Å²) >= 11 is 0. The van der Waals surface area contributed by atoms with Crippen LogP contribution in [0, 0.1) is 6.92 Å². The lowest BCUT2D eigenvalue weighted by atomic mass is 9.90. The van der Waals surface area contributed by atoms with Gasteiger partial charge < -0.3 is 19.3 Å². The second kappa shape index (κ2) is 6.20. The number of aromatic hydroxyl groups is 1. The molecule has 136 valence electrons. The Morgan fingerprint density at radius 2 is 2.08 bits per heavy atom. The maximum Gasteiger partial charge on any atom is 0.254 e. The van der Waals surface area contributed by atoms with E-state index >= 15 is 0 Å². The van der Waals surface area contributed by atoms with Crippen LogP contribution in [0.25, 0.3) is 0 Å². The topological polar surface area (TPSA) is 71.8 Å². The van der Waals surface area contributed by atoms with Gasteiger partial charge in [-0.05, 0) is 37.5 Å². The summed E-state index contributed by atoms with van der Waals surface area (Å²) in [7, 11) is 0. The van der Waals surface area contributed by atoms with Gasteiger partial charge >= 0.3 is 0 Å². The molecule has 1 saturated heterocycles. The molecule has 2 aromatic rings. The molecule has 3 heterocycles. The lowest BCUT2D eigenvalue weighted by molar-refractivity contribution is -0.131. The molecule has 1 aromatic heterocycles. The van der Waals surface area contributed by atoms with Crippen molar-refractivity contribution >= 4 is 5.91 Å². The van der Waals surface area contributed by atoms with Gasteiger partial charge in [-0.15, -0.1) is 0 Å². The van der Waals surface area contributed by atoms with Crippen LogP contribution in [0.15, 0.2) is 41.2 Å². The lowest BCUT2D eigenvalue weighted by Gasteiger charge is -2.35. The van der Waals surface area contributed by atoms with Gasteiger partial charge in [0, 0.05) is 24.7 Å². The average molecular weight is 354 g/mol. The van der Waals surface area contributed by atoms with Crippen LogP contribution in [-0.4, -0.2) is 39.2 Å². The number of pyridine rings is 1. The van der Waals surface area contributed by atoms with Gasteiger partial charge in [-0.1, -0.05) is 18.2 Å². The van der Waals surface area contributed by atoms with E-state index in [0.717, 1.165) is 31.1 Å². The van der Waals surface area contributed by atoms with Crippen LogP contribution in [0.2, 0.25) is 0 Å². The van der Waals surface area contributed by atoms with Gasteiger partial charge in [-0.3, -0.25) is 9.59 Å². The number of carbonyl (C=O) groups excluding carboxylic acids is 1. The molecule has 26 heavy (non-hydrogen) atoms. The molecule has 1 N–H and O–H groups in total. The predicted octanol–water partition coefficient (Wildman–Crippen LogP) is 1.86. The van der Waals surface area contributed by atoms with Crippen molar-refractivity contribution in [1.82, 2.24) is 9.47 Å². The zero-order valence-electron chi connectivity index (χ0n) is 14.8. The Morgan fingerprint density at radius 3 is 2.88 bits per heavy atom. The number of hydrogen-bond acceptors (Lipinski definition) is 4. The molecule has 1 fully saturated rings. The zero-order valence-corrected chi connectivity index (χ0v) is 14.8. The average Bonchev–Trinajstić information content (AvgIpc) is 3.01. The predicted molar refractivity (Wildman–Crippen MR) is 96.4 cm³/mol. The number of fused-ring (bicyclic) bond motifs is 1. The molecule has 2 aliphatic heterocycles. The number of likely N-dealkylation sites (tertiary alicyclic amines) is 1. The second-order valence-corrected chi connectivity index (χ2v) is 7.24. The largest absolute Gasteiger partial charge is 0.508 e. The number of rotatable bonds is 2. The van der Waals surface area contributed by atoms with Crippen LogP contribution < -0.4 is 10.3 Å². The van der Waals surface area contributed by atoms with Crippen molar-refractivity contribution in [2.45, 2.75) is 38.3 Å². The third-order valence-electron chi connectivity index (χ3n) is 5.43. The SMILES string of the molecule is Cc1cc(O)cc(=O)n1CC(=O)N1CCC2(CCc3ccccc3O2)C1. The number of ether oxygens (including phenoxy) is 1. The summed E-state index contributed by atoms with van der Waals surface area (Å²) in [5.41, 5.74) is 1.10. The van der Waals surface area contributed by atoms with Gasteiger partial charge in [-0.25, -0.2) is 0 Å². The number of para-hydroxylation sites is 1. The molecule has 6 heteroatoms. The van der Waals surface area contributed by atoms with Crippen molar-refractivity contribution < 1.29 is 14.6 Å². The molecule has 6 nitrogen and oxygen atoms in total. The van der Waals surface area contributed by atoms with Crippen LogP contribution in [0.5, 0.6) is 11.5 Å². The highest BCUT2D eigenvalue weighted by molar-refractivity contribution is 5.76. The Hall–Kier alpha value is -2.76. The van der Waals surface area contributed by atoms with Gasteiger partial charge in [0.2, 0.25) is 5.91 Å². The highest BCUT2D eigenvalue weighted by Crippen LogP contribution is 2.38. The van der Waals surface area contributed by atoms with E-state index in [0.29, 0.717) is 18.8 Å². The van der Waals surface area contributed by atoms with E-state index in [1.807, 2.05) is 18.2 Å². The first-order valence-electron chi connectivity index (χ1n) is 8.91. The molecular formula is C20H22N2O4. The minimum Gasteiger partial charge on any atom is -0.508 e.